The average molecular weight is 562 g/mol. The van der Waals surface area contributed by atoms with Gasteiger partial charge in [0.1, 0.15) is 0 Å². The summed E-state index contributed by atoms with van der Waals surface area (Å²) < 4.78 is 2.42. The van der Waals surface area contributed by atoms with Crippen LogP contribution in [-0.2, 0) is 0 Å². The number of fused-ring (bicyclic) bond motifs is 4. The summed E-state index contributed by atoms with van der Waals surface area (Å²) in [5, 5.41) is 5.01. The molecule has 0 saturated heterocycles. The fourth-order valence-corrected chi connectivity index (χ4v) is 6.77. The van der Waals surface area contributed by atoms with Gasteiger partial charge in [0.05, 0.1) is 33.8 Å². The van der Waals surface area contributed by atoms with E-state index < -0.39 is 0 Å². The Morgan fingerprint density at radius 3 is 1.82 bits per heavy atom. The summed E-state index contributed by atoms with van der Waals surface area (Å²) in [6, 6.07) is 53.8. The van der Waals surface area contributed by atoms with Crippen molar-refractivity contribution < 1.29 is 0 Å². The quantitative estimate of drug-likeness (QED) is 0.213. The van der Waals surface area contributed by atoms with Gasteiger partial charge in [-0.1, -0.05) is 109 Å². The zero-order chi connectivity index (χ0) is 29.0. The van der Waals surface area contributed by atoms with Crippen molar-refractivity contribution in [3.8, 4) is 28.2 Å². The minimum atomic E-state index is 0.954. The fraction of sp³-hybridized carbons (Fsp3) is 0. The van der Waals surface area contributed by atoms with Gasteiger partial charge < -0.3 is 9.47 Å². The maximum absolute atomic E-state index is 5.16. The van der Waals surface area contributed by atoms with E-state index in [-0.39, 0.29) is 0 Å². The number of hydrogen-bond acceptors (Lipinski definition) is 2. The van der Waals surface area contributed by atoms with Gasteiger partial charge in [-0.3, -0.25) is 0 Å². The van der Waals surface area contributed by atoms with Gasteiger partial charge in [0, 0.05) is 39.2 Å². The Kier molecular flexibility index (Phi) is 5.50. The summed E-state index contributed by atoms with van der Waals surface area (Å²) in [5.41, 5.74) is 11.2. The number of para-hydroxylation sites is 2. The normalized spacial score (nSPS) is 12.4. The standard InChI is InChI=1S/C41H27N3/c1-4-13-28(14-5-1)35-26-32(27-36(42-35)29-15-6-2-7-16-29)44-37-21-11-10-20-33(37)41-34-23-24-43(31-18-8-3-9-19-31)38-22-12-17-30(40(34)38)25-39(41)44/h1-27H. The van der Waals surface area contributed by atoms with E-state index in [0.29, 0.717) is 0 Å². The lowest BCUT2D eigenvalue weighted by molar-refractivity contribution is 1.16. The van der Waals surface area contributed by atoms with Crippen molar-refractivity contribution in [3.05, 3.63) is 163 Å². The topological polar surface area (TPSA) is 21.1 Å². The maximum Gasteiger partial charge on any atom is 0.0730 e. The van der Waals surface area contributed by atoms with Crippen molar-refractivity contribution in [2.24, 2.45) is 0 Å². The minimum Gasteiger partial charge on any atom is -0.317 e. The molecule has 0 fully saturated rings. The average Bonchev–Trinajstić information content (AvgIpc) is 3.43. The van der Waals surface area contributed by atoms with E-state index in [9.17, 15) is 0 Å². The molecule has 0 unspecified atom stereocenters. The molecule has 0 bridgehead atoms. The molecule has 44 heavy (non-hydrogen) atoms. The highest BCUT2D eigenvalue weighted by Gasteiger charge is 2.23. The van der Waals surface area contributed by atoms with Gasteiger partial charge in [-0.05, 0) is 59.5 Å². The first-order valence-corrected chi connectivity index (χ1v) is 15.0. The molecule has 3 nitrogen and oxygen atoms in total. The highest BCUT2D eigenvalue weighted by atomic mass is 15.1. The zero-order valence-electron chi connectivity index (χ0n) is 23.9. The zero-order valence-corrected chi connectivity index (χ0v) is 23.9. The van der Waals surface area contributed by atoms with Crippen LogP contribution in [0.3, 0.4) is 0 Å². The molecule has 0 aliphatic carbocycles. The summed E-state index contributed by atoms with van der Waals surface area (Å²) >= 11 is 0. The molecule has 0 amide bonds. The van der Waals surface area contributed by atoms with Crippen LogP contribution in [0.25, 0.3) is 66.9 Å². The highest BCUT2D eigenvalue weighted by molar-refractivity contribution is 6.22. The predicted octanol–water partition coefficient (Wildman–Crippen LogP) is 10.8. The molecule has 0 saturated carbocycles. The fourth-order valence-electron chi connectivity index (χ4n) is 6.77. The van der Waals surface area contributed by atoms with Crippen LogP contribution >= 0.6 is 0 Å². The monoisotopic (exact) mass is 561 g/mol. The largest absolute Gasteiger partial charge is 0.317 e. The summed E-state index contributed by atoms with van der Waals surface area (Å²) in [4.78, 5) is 7.45. The Morgan fingerprint density at radius 2 is 1.11 bits per heavy atom. The Labute approximate surface area is 255 Å². The van der Waals surface area contributed by atoms with Gasteiger partial charge in [-0.2, -0.15) is 0 Å². The van der Waals surface area contributed by atoms with Crippen LogP contribution in [0, 0.1) is 0 Å². The summed E-state index contributed by atoms with van der Waals surface area (Å²) in [5.74, 6) is 0. The molecular formula is C41H27N3. The second-order valence-electron chi connectivity index (χ2n) is 11.3. The summed E-state index contributed by atoms with van der Waals surface area (Å²) in [6.45, 7) is 0. The molecule has 0 spiro atoms. The Balaban J connectivity index is 1.36. The van der Waals surface area contributed by atoms with Crippen LogP contribution in [0.1, 0.15) is 5.56 Å². The van der Waals surface area contributed by atoms with Crippen LogP contribution in [0.2, 0.25) is 0 Å². The third-order valence-corrected chi connectivity index (χ3v) is 8.71. The third kappa shape index (κ3) is 3.80. The first kappa shape index (κ1) is 24.6. The minimum absolute atomic E-state index is 0.954. The van der Waals surface area contributed by atoms with Crippen molar-refractivity contribution in [2.75, 3.05) is 4.90 Å². The van der Waals surface area contributed by atoms with Gasteiger partial charge >= 0.3 is 0 Å². The number of pyridine rings is 1. The Hall–Kier alpha value is -5.93. The predicted molar refractivity (Wildman–Crippen MR) is 185 cm³/mol. The van der Waals surface area contributed by atoms with Crippen molar-refractivity contribution in [2.45, 2.75) is 0 Å². The van der Waals surface area contributed by atoms with E-state index in [1.54, 1.807) is 0 Å². The van der Waals surface area contributed by atoms with E-state index in [2.05, 4.69) is 173 Å². The lowest BCUT2D eigenvalue weighted by atomic mass is 9.94. The smallest absolute Gasteiger partial charge is 0.0730 e. The third-order valence-electron chi connectivity index (χ3n) is 8.71. The lowest BCUT2D eigenvalue weighted by Gasteiger charge is -2.27. The molecule has 6 aromatic carbocycles. The van der Waals surface area contributed by atoms with E-state index in [1.807, 2.05) is 0 Å². The summed E-state index contributed by atoms with van der Waals surface area (Å²) in [7, 11) is 0. The van der Waals surface area contributed by atoms with Gasteiger partial charge in [0.25, 0.3) is 0 Å². The van der Waals surface area contributed by atoms with Crippen LogP contribution in [-0.4, -0.2) is 9.55 Å². The molecular weight excluding hydrogens is 534 g/mol. The highest BCUT2D eigenvalue weighted by Crippen LogP contribution is 2.45. The van der Waals surface area contributed by atoms with E-state index in [0.717, 1.165) is 33.9 Å². The van der Waals surface area contributed by atoms with Gasteiger partial charge in [0.15, 0.2) is 0 Å². The van der Waals surface area contributed by atoms with Crippen molar-refractivity contribution in [3.63, 3.8) is 0 Å². The number of nitrogens with zero attached hydrogens (tertiary/aromatic N) is 3. The van der Waals surface area contributed by atoms with Gasteiger partial charge in [-0.25, -0.2) is 4.98 Å². The van der Waals surface area contributed by atoms with Crippen LogP contribution in [0.5, 0.6) is 0 Å². The Bertz CT molecular complexity index is 2310. The molecule has 3 heteroatoms. The molecule has 1 aliphatic heterocycles. The van der Waals surface area contributed by atoms with Crippen LogP contribution < -0.4 is 4.90 Å². The molecule has 1 aliphatic rings. The molecule has 9 rings (SSSR count). The van der Waals surface area contributed by atoms with Gasteiger partial charge in [0.2, 0.25) is 0 Å². The Morgan fingerprint density at radius 1 is 0.477 bits per heavy atom. The number of anilines is 2. The lowest BCUT2D eigenvalue weighted by Crippen LogP contribution is -2.11. The second kappa shape index (κ2) is 9.82. The van der Waals surface area contributed by atoms with Crippen LogP contribution in [0.4, 0.5) is 11.4 Å². The van der Waals surface area contributed by atoms with Crippen molar-refractivity contribution >= 4 is 50.0 Å². The number of rotatable bonds is 4. The molecule has 2 aromatic heterocycles. The molecule has 8 aromatic rings. The molecule has 0 radical (unpaired) electrons. The first-order valence-electron chi connectivity index (χ1n) is 15.0. The molecule has 0 atom stereocenters. The van der Waals surface area contributed by atoms with Crippen molar-refractivity contribution in [1.29, 1.82) is 0 Å². The summed E-state index contributed by atoms with van der Waals surface area (Å²) in [6.07, 6.45) is 4.50. The molecule has 3 heterocycles. The molecule has 206 valence electrons. The number of aromatic nitrogens is 2. The van der Waals surface area contributed by atoms with E-state index in [1.165, 1.54) is 43.8 Å². The van der Waals surface area contributed by atoms with Crippen LogP contribution in [0.15, 0.2) is 158 Å². The van der Waals surface area contributed by atoms with E-state index >= 15 is 0 Å². The maximum atomic E-state index is 5.16. The van der Waals surface area contributed by atoms with E-state index in [4.69, 9.17) is 4.98 Å². The number of benzene rings is 6. The van der Waals surface area contributed by atoms with Gasteiger partial charge in [-0.15, -0.1) is 0 Å². The SMILES string of the molecule is C1=CN(c2ccccc2)c2cccc3cc4c(c1c23)c1ccccc1n4-c1cc(-c2ccccc2)nc(-c2ccccc2)c1. The second-order valence-corrected chi connectivity index (χ2v) is 11.3. The first-order chi connectivity index (χ1) is 21.8. The number of hydrogen-bond donors (Lipinski definition) is 0. The van der Waals surface area contributed by atoms with Crippen molar-refractivity contribution in [1.82, 2.24) is 9.55 Å². The molecule has 0 N–H and O–H groups in total.